The number of carbonyl (C=O) groups excluding carboxylic acids is 1. The smallest absolute Gasteiger partial charge is 0.348 e. The van der Waals surface area contributed by atoms with Crippen LogP contribution in [0.15, 0.2) is 60.8 Å². The van der Waals surface area contributed by atoms with Crippen LogP contribution in [0.4, 0.5) is 23.2 Å². The Morgan fingerprint density at radius 3 is 2.29 bits per heavy atom. The van der Waals surface area contributed by atoms with E-state index >= 15 is 0 Å². The number of carbonyl (C=O) groups is 1. The van der Waals surface area contributed by atoms with E-state index in [-0.39, 0.29) is 29.4 Å². The minimum atomic E-state index is -4.55. The van der Waals surface area contributed by atoms with Crippen molar-refractivity contribution >= 4 is 33.2 Å². The van der Waals surface area contributed by atoms with E-state index < -0.39 is 33.6 Å². The number of anilines is 1. The molecule has 1 N–H and O–H groups in total. The number of hydrogen-bond donors (Lipinski definition) is 1. The van der Waals surface area contributed by atoms with Gasteiger partial charge in [0.2, 0.25) is 10.0 Å². The third kappa shape index (κ3) is 6.45. The maximum Gasteiger partial charge on any atom is 0.433 e. The van der Waals surface area contributed by atoms with E-state index in [2.05, 4.69) is 10.3 Å². The van der Waals surface area contributed by atoms with E-state index in [1.807, 2.05) is 0 Å². The van der Waals surface area contributed by atoms with E-state index in [9.17, 15) is 30.8 Å². The number of pyridine rings is 1. The van der Waals surface area contributed by atoms with Crippen LogP contribution in [0.3, 0.4) is 0 Å². The molecule has 6 nitrogen and oxygen atoms in total. The van der Waals surface area contributed by atoms with E-state index in [0.29, 0.717) is 11.1 Å². The Bertz CT molecular complexity index is 1280. The Labute approximate surface area is 198 Å². The molecule has 1 amide bonds. The number of alkyl halides is 3. The summed E-state index contributed by atoms with van der Waals surface area (Å²) in [5.41, 5.74) is 0.191. The number of nitrogens with one attached hydrogen (secondary N) is 1. The largest absolute Gasteiger partial charge is 0.433 e. The molecule has 0 atom stereocenters. The van der Waals surface area contributed by atoms with Crippen molar-refractivity contribution < 1.29 is 30.8 Å². The van der Waals surface area contributed by atoms with Crippen molar-refractivity contribution in [3.8, 4) is 0 Å². The SMILES string of the molecule is CS(=O)(=O)N(Cc1ccc(F)cc1Cl)c1ccc(C(=O)NCc2ccc(C(F)(F)F)nc2)cc1. The second kappa shape index (κ2) is 9.98. The zero-order valence-electron chi connectivity index (χ0n) is 17.6. The Hall–Kier alpha value is -3.18. The van der Waals surface area contributed by atoms with E-state index in [1.54, 1.807) is 0 Å². The molecule has 3 rings (SSSR count). The van der Waals surface area contributed by atoms with Crippen molar-refractivity contribution in [3.63, 3.8) is 0 Å². The summed E-state index contributed by atoms with van der Waals surface area (Å²) in [5.74, 6) is -1.07. The van der Waals surface area contributed by atoms with Gasteiger partial charge in [0.1, 0.15) is 11.5 Å². The van der Waals surface area contributed by atoms with Gasteiger partial charge in [-0.05, 0) is 53.6 Å². The first-order valence-electron chi connectivity index (χ1n) is 9.66. The molecule has 0 radical (unpaired) electrons. The molecule has 0 saturated carbocycles. The van der Waals surface area contributed by atoms with Crippen molar-refractivity contribution in [3.05, 3.63) is 94.0 Å². The molecule has 180 valence electrons. The Kier molecular flexibility index (Phi) is 7.47. The number of aromatic nitrogens is 1. The van der Waals surface area contributed by atoms with E-state index in [1.165, 1.54) is 42.5 Å². The molecule has 0 unspecified atom stereocenters. The highest BCUT2D eigenvalue weighted by Crippen LogP contribution is 2.27. The second-order valence-corrected chi connectivity index (χ2v) is 9.60. The van der Waals surface area contributed by atoms with Gasteiger partial charge in [0.15, 0.2) is 0 Å². The fourth-order valence-corrected chi connectivity index (χ4v) is 4.07. The van der Waals surface area contributed by atoms with Gasteiger partial charge in [-0.25, -0.2) is 12.8 Å². The van der Waals surface area contributed by atoms with Crippen LogP contribution in [-0.2, 0) is 29.3 Å². The topological polar surface area (TPSA) is 79.4 Å². The molecule has 0 fully saturated rings. The molecule has 2 aromatic carbocycles. The van der Waals surface area contributed by atoms with Crippen molar-refractivity contribution in [1.82, 2.24) is 10.3 Å². The van der Waals surface area contributed by atoms with Crippen LogP contribution in [0.25, 0.3) is 0 Å². The molecule has 0 spiro atoms. The maximum absolute atomic E-state index is 13.3. The molecule has 12 heteroatoms. The zero-order valence-corrected chi connectivity index (χ0v) is 19.2. The highest BCUT2D eigenvalue weighted by molar-refractivity contribution is 7.92. The summed E-state index contributed by atoms with van der Waals surface area (Å²) in [6, 6.07) is 11.3. The summed E-state index contributed by atoms with van der Waals surface area (Å²) >= 11 is 6.02. The molecule has 0 aliphatic rings. The molecular formula is C22H18ClF4N3O3S. The number of halogens is 5. The summed E-state index contributed by atoms with van der Waals surface area (Å²) in [6.45, 7) is -0.200. The molecule has 0 aliphatic heterocycles. The van der Waals surface area contributed by atoms with E-state index in [0.717, 1.165) is 28.9 Å². The molecule has 1 heterocycles. The monoisotopic (exact) mass is 515 g/mol. The molecule has 3 aromatic rings. The van der Waals surface area contributed by atoms with Crippen LogP contribution >= 0.6 is 11.6 Å². The van der Waals surface area contributed by atoms with Gasteiger partial charge in [-0.2, -0.15) is 13.2 Å². The maximum atomic E-state index is 13.3. The van der Waals surface area contributed by atoms with Gasteiger partial charge in [0.25, 0.3) is 5.91 Å². The van der Waals surface area contributed by atoms with Crippen molar-refractivity contribution in [2.75, 3.05) is 10.6 Å². The molecule has 0 aliphatic carbocycles. The number of amides is 1. The third-order valence-electron chi connectivity index (χ3n) is 4.72. The zero-order chi connectivity index (χ0) is 25.1. The lowest BCUT2D eigenvalue weighted by Crippen LogP contribution is -2.29. The standard InChI is InChI=1S/C22H18ClF4N3O3S/c1-34(32,33)30(13-16-3-6-17(24)10-19(16)23)18-7-4-15(5-8-18)21(31)29-12-14-2-9-20(28-11-14)22(25,26)27/h2-11H,12-13H2,1H3,(H,29,31). The first kappa shape index (κ1) is 25.4. The van der Waals surface area contributed by atoms with Crippen molar-refractivity contribution in [2.45, 2.75) is 19.3 Å². The number of benzene rings is 2. The predicted octanol–water partition coefficient (Wildman–Crippen LogP) is 4.79. The fraction of sp³-hybridized carbons (Fsp3) is 0.182. The molecule has 34 heavy (non-hydrogen) atoms. The molecule has 0 saturated heterocycles. The number of hydrogen-bond acceptors (Lipinski definition) is 4. The number of nitrogens with zero attached hydrogens (tertiary/aromatic N) is 2. The molecule has 1 aromatic heterocycles. The Morgan fingerprint density at radius 2 is 1.76 bits per heavy atom. The summed E-state index contributed by atoms with van der Waals surface area (Å²) < 4.78 is 76.8. The van der Waals surface area contributed by atoms with E-state index in [4.69, 9.17) is 11.6 Å². The van der Waals surface area contributed by atoms with Crippen molar-refractivity contribution in [2.24, 2.45) is 0 Å². The summed E-state index contributed by atoms with van der Waals surface area (Å²) in [6.07, 6.45) is -2.52. The summed E-state index contributed by atoms with van der Waals surface area (Å²) in [7, 11) is -3.74. The van der Waals surface area contributed by atoms with Gasteiger partial charge >= 0.3 is 6.18 Å². The van der Waals surface area contributed by atoms with Gasteiger partial charge < -0.3 is 5.32 Å². The minimum Gasteiger partial charge on any atom is -0.348 e. The first-order valence-corrected chi connectivity index (χ1v) is 11.9. The van der Waals surface area contributed by atoms with Gasteiger partial charge in [0.05, 0.1) is 18.5 Å². The third-order valence-corrected chi connectivity index (χ3v) is 6.21. The van der Waals surface area contributed by atoms with Gasteiger partial charge in [-0.15, -0.1) is 0 Å². The lowest BCUT2D eigenvalue weighted by molar-refractivity contribution is -0.141. The number of sulfonamides is 1. The summed E-state index contributed by atoms with van der Waals surface area (Å²) in [4.78, 5) is 15.7. The van der Waals surface area contributed by atoms with Crippen LogP contribution in [0.5, 0.6) is 0 Å². The highest BCUT2D eigenvalue weighted by Gasteiger charge is 2.32. The average molecular weight is 516 g/mol. The van der Waals surface area contributed by atoms with Crippen LogP contribution in [0.1, 0.15) is 27.2 Å². The van der Waals surface area contributed by atoms with Crippen LogP contribution in [0, 0.1) is 5.82 Å². The fourth-order valence-electron chi connectivity index (χ4n) is 2.96. The van der Waals surface area contributed by atoms with Crippen LogP contribution in [0.2, 0.25) is 5.02 Å². The van der Waals surface area contributed by atoms with Gasteiger partial charge in [-0.1, -0.05) is 23.7 Å². The van der Waals surface area contributed by atoms with Crippen LogP contribution in [-0.4, -0.2) is 25.6 Å². The minimum absolute atomic E-state index is 0.0513. The predicted molar refractivity (Wildman–Crippen MR) is 119 cm³/mol. The lowest BCUT2D eigenvalue weighted by Gasteiger charge is -2.23. The normalized spacial score (nSPS) is 11.8. The number of rotatable bonds is 7. The van der Waals surface area contributed by atoms with Gasteiger partial charge in [0, 0.05) is 23.3 Å². The Balaban J connectivity index is 1.71. The average Bonchev–Trinajstić information content (AvgIpc) is 2.76. The Morgan fingerprint density at radius 1 is 1.09 bits per heavy atom. The quantitative estimate of drug-likeness (QED) is 0.459. The second-order valence-electron chi connectivity index (χ2n) is 7.28. The summed E-state index contributed by atoms with van der Waals surface area (Å²) in [5, 5.41) is 2.63. The van der Waals surface area contributed by atoms with Gasteiger partial charge in [-0.3, -0.25) is 14.1 Å². The molecule has 0 bridgehead atoms. The van der Waals surface area contributed by atoms with Crippen molar-refractivity contribution in [1.29, 1.82) is 0 Å². The molecular weight excluding hydrogens is 498 g/mol. The first-order chi connectivity index (χ1) is 15.8. The van der Waals surface area contributed by atoms with Crippen LogP contribution < -0.4 is 9.62 Å². The highest BCUT2D eigenvalue weighted by atomic mass is 35.5. The lowest BCUT2D eigenvalue weighted by atomic mass is 10.1.